The first-order valence-electron chi connectivity index (χ1n) is 7.05. The molecule has 2 rings (SSSR count). The molecule has 0 radical (unpaired) electrons. The Morgan fingerprint density at radius 1 is 1.46 bits per heavy atom. The van der Waals surface area contributed by atoms with Gasteiger partial charge in [0.05, 0.1) is 25.2 Å². The fourth-order valence-corrected chi connectivity index (χ4v) is 2.15. The number of carbonyl (C=O) groups excluding carboxylic acids is 1. The van der Waals surface area contributed by atoms with Crippen molar-refractivity contribution in [1.29, 1.82) is 0 Å². The molecule has 10 heteroatoms. The third-order valence-electron chi connectivity index (χ3n) is 3.47. The minimum Gasteiger partial charge on any atom is -0.464 e. The maximum atomic E-state index is 14.1. The van der Waals surface area contributed by atoms with Crippen molar-refractivity contribution >= 4 is 29.4 Å². The molecule has 0 aromatic carbocycles. The van der Waals surface area contributed by atoms with E-state index in [9.17, 15) is 18.0 Å². The quantitative estimate of drug-likeness (QED) is 0.388. The predicted octanol–water partition coefficient (Wildman–Crippen LogP) is 1.65. The van der Waals surface area contributed by atoms with Gasteiger partial charge < -0.3 is 15.5 Å². The van der Waals surface area contributed by atoms with E-state index < -0.39 is 17.7 Å². The molecule has 1 aromatic rings. The Morgan fingerprint density at radius 3 is 2.67 bits per heavy atom. The second-order valence-electron chi connectivity index (χ2n) is 5.11. The minimum atomic E-state index is -2.72. The molecule has 1 aliphatic heterocycles. The van der Waals surface area contributed by atoms with Crippen molar-refractivity contribution < 1.29 is 22.7 Å². The average Bonchev–Trinajstić information content (AvgIpc) is 2.55. The van der Waals surface area contributed by atoms with Gasteiger partial charge in [0, 0.05) is 32.0 Å². The van der Waals surface area contributed by atoms with Gasteiger partial charge >= 0.3 is 5.97 Å². The first-order chi connectivity index (χ1) is 11.4. The Morgan fingerprint density at radius 2 is 2.12 bits per heavy atom. The summed E-state index contributed by atoms with van der Waals surface area (Å²) in [6.45, 7) is 0.0394. The maximum Gasteiger partial charge on any atom is 0.360 e. The molecule has 0 amide bonds. The van der Waals surface area contributed by atoms with Gasteiger partial charge in [0.25, 0.3) is 5.92 Å². The molecule has 0 atom stereocenters. The summed E-state index contributed by atoms with van der Waals surface area (Å²) in [7, 11) is 1.15. The number of nitrogens with two attached hydrogens (primary N) is 1. The lowest BCUT2D eigenvalue weighted by atomic mass is 10.1. The van der Waals surface area contributed by atoms with Crippen molar-refractivity contribution in [2.45, 2.75) is 18.8 Å². The number of piperidine rings is 1. The first-order valence-corrected chi connectivity index (χ1v) is 7.05. The molecule has 0 saturated carbocycles. The number of pyridine rings is 1. The highest BCUT2D eigenvalue weighted by Gasteiger charge is 2.35. The number of aromatic nitrogens is 1. The summed E-state index contributed by atoms with van der Waals surface area (Å²) in [4.78, 5) is 20.5. The van der Waals surface area contributed by atoms with Crippen molar-refractivity contribution in [3.63, 3.8) is 0 Å². The molecule has 0 unspecified atom stereocenters. The van der Waals surface area contributed by atoms with Crippen molar-refractivity contribution in [2.24, 2.45) is 15.9 Å². The molecule has 1 aromatic heterocycles. The zero-order chi connectivity index (χ0) is 17.7. The highest BCUT2D eigenvalue weighted by Crippen LogP contribution is 2.31. The van der Waals surface area contributed by atoms with Crippen molar-refractivity contribution in [2.75, 3.05) is 25.1 Å². The summed E-state index contributed by atoms with van der Waals surface area (Å²) in [5, 5.41) is 3.20. The zero-order valence-corrected chi connectivity index (χ0v) is 12.9. The number of hydrogen-bond donors (Lipinski definition) is 1. The smallest absolute Gasteiger partial charge is 0.360 e. The number of methoxy groups -OCH3 is 1. The van der Waals surface area contributed by atoms with E-state index in [0.29, 0.717) is 0 Å². The summed E-state index contributed by atoms with van der Waals surface area (Å²) >= 11 is 0. The van der Waals surface area contributed by atoms with Gasteiger partial charge in [0.15, 0.2) is 17.3 Å². The van der Waals surface area contributed by atoms with Crippen molar-refractivity contribution in [3.8, 4) is 0 Å². The van der Waals surface area contributed by atoms with Crippen LogP contribution in [0.1, 0.15) is 12.8 Å². The molecule has 130 valence electrons. The largest absolute Gasteiger partial charge is 0.464 e. The molecule has 0 bridgehead atoms. The van der Waals surface area contributed by atoms with E-state index in [-0.39, 0.29) is 43.1 Å². The van der Waals surface area contributed by atoms with E-state index in [0.717, 1.165) is 19.4 Å². The molecular weight excluding hydrogens is 327 g/mol. The van der Waals surface area contributed by atoms with Crippen LogP contribution in [0.5, 0.6) is 0 Å². The predicted molar refractivity (Wildman–Crippen MR) is 82.4 cm³/mol. The van der Waals surface area contributed by atoms with E-state index in [2.05, 4.69) is 19.8 Å². The van der Waals surface area contributed by atoms with Crippen LogP contribution in [-0.2, 0) is 9.53 Å². The highest BCUT2D eigenvalue weighted by atomic mass is 19.3. The average molecular weight is 343 g/mol. The summed E-state index contributed by atoms with van der Waals surface area (Å²) in [6.07, 6.45) is 1.59. The third kappa shape index (κ3) is 4.21. The van der Waals surface area contributed by atoms with Crippen molar-refractivity contribution in [3.05, 3.63) is 18.1 Å². The number of esters is 1. The molecule has 2 heterocycles. The highest BCUT2D eigenvalue weighted by molar-refractivity contribution is 6.59. The third-order valence-corrected chi connectivity index (χ3v) is 3.47. The molecule has 24 heavy (non-hydrogen) atoms. The lowest BCUT2D eigenvalue weighted by Gasteiger charge is -2.32. The number of nitrogens with zero attached hydrogens (tertiary/aromatic N) is 4. The van der Waals surface area contributed by atoms with Gasteiger partial charge in [0.2, 0.25) is 0 Å². The topological polar surface area (TPSA) is 93.2 Å². The number of halogens is 3. The van der Waals surface area contributed by atoms with Crippen LogP contribution in [0.25, 0.3) is 0 Å². The monoisotopic (exact) mass is 343 g/mol. The van der Waals surface area contributed by atoms with Gasteiger partial charge in [-0.1, -0.05) is 0 Å². The zero-order valence-electron chi connectivity index (χ0n) is 12.9. The number of rotatable bonds is 4. The lowest BCUT2D eigenvalue weighted by molar-refractivity contribution is -0.132. The van der Waals surface area contributed by atoms with Crippen LogP contribution in [0.2, 0.25) is 0 Å². The normalized spacial score (nSPS) is 18.0. The number of carbonyl (C=O) groups is 1. The minimum absolute atomic E-state index is 0.00914. The Labute approximate surface area is 136 Å². The number of hydrogen-bond acceptors (Lipinski definition) is 7. The summed E-state index contributed by atoms with van der Waals surface area (Å²) in [6, 6.07) is 1.08. The van der Waals surface area contributed by atoms with Gasteiger partial charge in [-0.15, -0.1) is 0 Å². The van der Waals surface area contributed by atoms with E-state index in [4.69, 9.17) is 5.84 Å². The van der Waals surface area contributed by atoms with Crippen LogP contribution in [0.3, 0.4) is 0 Å². The molecule has 7 nitrogen and oxygen atoms in total. The Kier molecular flexibility index (Phi) is 5.37. The van der Waals surface area contributed by atoms with Gasteiger partial charge in [-0.25, -0.2) is 22.9 Å². The molecule has 1 fully saturated rings. The van der Waals surface area contributed by atoms with Crippen molar-refractivity contribution in [1.82, 2.24) is 4.98 Å². The Hall–Kier alpha value is -2.65. The molecular formula is C14H16F3N5O2. The van der Waals surface area contributed by atoms with Crippen LogP contribution < -0.4 is 10.7 Å². The number of anilines is 1. The SMILES string of the molecule is COC(=O)C(C=Nc1cnc(N2CCC(F)(F)CC2)c(F)c1)=NN. The van der Waals surface area contributed by atoms with E-state index in [1.807, 2.05) is 0 Å². The van der Waals surface area contributed by atoms with Gasteiger partial charge in [-0.05, 0) is 0 Å². The summed E-state index contributed by atoms with van der Waals surface area (Å²) in [5.41, 5.74) is -0.135. The Bertz CT molecular complexity index is 668. The van der Waals surface area contributed by atoms with Crippen LogP contribution in [0, 0.1) is 5.82 Å². The molecule has 0 spiro atoms. The standard InChI is InChI=1S/C14H16F3N5O2/c1-24-13(23)11(21-18)8-19-9-6-10(15)12(20-7-9)22-4-2-14(16,17)3-5-22/h6-8H,2-5,18H2,1H3. The van der Waals surface area contributed by atoms with Crippen LogP contribution >= 0.6 is 0 Å². The second kappa shape index (κ2) is 7.28. The Balaban J connectivity index is 2.11. The van der Waals surface area contributed by atoms with Crippen LogP contribution in [0.4, 0.5) is 24.7 Å². The first kappa shape index (κ1) is 17.7. The molecule has 0 aliphatic carbocycles. The summed E-state index contributed by atoms with van der Waals surface area (Å²) < 4.78 is 44.9. The molecule has 2 N–H and O–H groups in total. The maximum absolute atomic E-state index is 14.1. The van der Waals surface area contributed by atoms with E-state index in [1.54, 1.807) is 0 Å². The van der Waals surface area contributed by atoms with E-state index >= 15 is 0 Å². The number of ether oxygens (including phenoxy) is 1. The van der Waals surface area contributed by atoms with Gasteiger partial charge in [-0.2, -0.15) is 5.10 Å². The van der Waals surface area contributed by atoms with Crippen LogP contribution in [-0.4, -0.2) is 49.0 Å². The lowest BCUT2D eigenvalue weighted by Crippen LogP contribution is -2.40. The number of aliphatic imine (C=N–C) groups is 1. The second-order valence-corrected chi connectivity index (χ2v) is 5.11. The number of alkyl halides is 2. The summed E-state index contributed by atoms with van der Waals surface area (Å²) in [5.74, 6) is 0.810. The van der Waals surface area contributed by atoms with Crippen LogP contribution in [0.15, 0.2) is 22.4 Å². The molecule has 1 saturated heterocycles. The fraction of sp³-hybridized carbons (Fsp3) is 0.429. The van der Waals surface area contributed by atoms with Gasteiger partial charge in [0.1, 0.15) is 0 Å². The van der Waals surface area contributed by atoms with E-state index in [1.165, 1.54) is 11.1 Å². The number of hydrazone groups is 1. The fourth-order valence-electron chi connectivity index (χ4n) is 2.15. The molecule has 1 aliphatic rings. The van der Waals surface area contributed by atoms with Gasteiger partial charge in [-0.3, -0.25) is 4.99 Å².